The van der Waals surface area contributed by atoms with Crippen molar-refractivity contribution in [3.05, 3.63) is 70.0 Å². The van der Waals surface area contributed by atoms with Gasteiger partial charge in [0, 0.05) is 5.56 Å². The summed E-state index contributed by atoms with van der Waals surface area (Å²) < 4.78 is 23.6. The predicted molar refractivity (Wildman–Crippen MR) is 81.8 cm³/mol. The van der Waals surface area contributed by atoms with Gasteiger partial charge < -0.3 is 9.47 Å². The molecule has 0 N–H and O–H groups in total. The van der Waals surface area contributed by atoms with Crippen molar-refractivity contribution in [2.24, 2.45) is 0 Å². The zero-order valence-corrected chi connectivity index (χ0v) is 12.5. The molecule has 0 spiro atoms. The molecule has 0 saturated carbocycles. The van der Waals surface area contributed by atoms with E-state index in [4.69, 9.17) is 21.1 Å². The highest BCUT2D eigenvalue weighted by Gasteiger charge is 2.19. The molecule has 0 aliphatic carbocycles. The highest BCUT2D eigenvalue weighted by molar-refractivity contribution is 6.31. The van der Waals surface area contributed by atoms with Gasteiger partial charge in [0.15, 0.2) is 0 Å². The Kier molecular flexibility index (Phi) is 3.86. The van der Waals surface area contributed by atoms with Crippen molar-refractivity contribution in [2.75, 3.05) is 13.7 Å². The lowest BCUT2D eigenvalue weighted by atomic mass is 9.94. The summed E-state index contributed by atoms with van der Waals surface area (Å²) >= 11 is 5.86. The van der Waals surface area contributed by atoms with Crippen LogP contribution in [0.2, 0.25) is 5.02 Å². The third-order valence-electron chi connectivity index (χ3n) is 3.45. The maximum Gasteiger partial charge on any atom is 0.337 e. The predicted octanol–water partition coefficient (Wildman–Crippen LogP) is 4.09. The Balaban J connectivity index is 2.10. The first-order valence-corrected chi connectivity index (χ1v) is 6.99. The third kappa shape index (κ3) is 2.57. The summed E-state index contributed by atoms with van der Waals surface area (Å²) in [6.45, 7) is 0.398. The molecular formula is C17H12ClFO3. The Labute approximate surface area is 131 Å². The topological polar surface area (TPSA) is 35.5 Å². The molecule has 1 aliphatic heterocycles. The van der Waals surface area contributed by atoms with Crippen molar-refractivity contribution < 1.29 is 18.7 Å². The van der Waals surface area contributed by atoms with Gasteiger partial charge in [-0.1, -0.05) is 17.7 Å². The summed E-state index contributed by atoms with van der Waals surface area (Å²) in [6.07, 6.45) is 1.87. The van der Waals surface area contributed by atoms with Gasteiger partial charge in [0.2, 0.25) is 0 Å². The van der Waals surface area contributed by atoms with Crippen LogP contribution < -0.4 is 4.74 Å². The maximum atomic E-state index is 13.3. The Hall–Kier alpha value is -2.33. The number of halogens is 2. The second-order valence-electron chi connectivity index (χ2n) is 4.76. The average molecular weight is 319 g/mol. The number of carbonyl (C=O) groups is 1. The highest BCUT2D eigenvalue weighted by atomic mass is 35.5. The molecule has 0 saturated heterocycles. The van der Waals surface area contributed by atoms with Crippen LogP contribution in [0.3, 0.4) is 0 Å². The van der Waals surface area contributed by atoms with Crippen LogP contribution in [-0.4, -0.2) is 19.7 Å². The van der Waals surface area contributed by atoms with Crippen molar-refractivity contribution in [2.45, 2.75) is 0 Å². The third-order valence-corrected chi connectivity index (χ3v) is 3.74. The van der Waals surface area contributed by atoms with Crippen LogP contribution in [0.4, 0.5) is 4.39 Å². The summed E-state index contributed by atoms with van der Waals surface area (Å²) in [5, 5.41) is 0.0514. The molecule has 0 aromatic heterocycles. The molecule has 0 fully saturated rings. The normalized spacial score (nSPS) is 13.0. The van der Waals surface area contributed by atoms with E-state index < -0.39 is 11.8 Å². The molecular weight excluding hydrogens is 307 g/mol. The van der Waals surface area contributed by atoms with E-state index in [0.29, 0.717) is 17.9 Å². The van der Waals surface area contributed by atoms with Gasteiger partial charge in [-0.15, -0.1) is 0 Å². The van der Waals surface area contributed by atoms with E-state index in [-0.39, 0.29) is 5.02 Å². The van der Waals surface area contributed by atoms with E-state index in [1.165, 1.54) is 13.2 Å². The molecule has 2 aromatic rings. The number of methoxy groups -OCH3 is 1. The first-order chi connectivity index (χ1) is 10.6. The fourth-order valence-electron chi connectivity index (χ4n) is 2.37. The Morgan fingerprint density at radius 1 is 1.27 bits per heavy atom. The van der Waals surface area contributed by atoms with Crippen LogP contribution in [0.1, 0.15) is 21.5 Å². The van der Waals surface area contributed by atoms with Crippen molar-refractivity contribution in [1.29, 1.82) is 0 Å². The van der Waals surface area contributed by atoms with Gasteiger partial charge in [-0.25, -0.2) is 9.18 Å². The lowest BCUT2D eigenvalue weighted by Gasteiger charge is -2.20. The molecule has 0 bridgehead atoms. The van der Waals surface area contributed by atoms with Gasteiger partial charge in [0.05, 0.1) is 17.7 Å². The number of ether oxygens (including phenoxy) is 2. The number of hydrogen-bond acceptors (Lipinski definition) is 3. The average Bonchev–Trinajstić information content (AvgIpc) is 2.55. The molecule has 1 heterocycles. The van der Waals surface area contributed by atoms with Crippen LogP contribution in [0.5, 0.6) is 5.75 Å². The first kappa shape index (κ1) is 14.6. The van der Waals surface area contributed by atoms with Crippen molar-refractivity contribution in [1.82, 2.24) is 0 Å². The smallest absolute Gasteiger partial charge is 0.337 e. The molecule has 0 atom stereocenters. The van der Waals surface area contributed by atoms with Crippen molar-refractivity contribution >= 4 is 23.1 Å². The minimum absolute atomic E-state index is 0.0514. The second kappa shape index (κ2) is 5.81. The van der Waals surface area contributed by atoms with Crippen LogP contribution in [0.15, 0.2) is 42.5 Å². The number of carbonyl (C=O) groups excluding carboxylic acids is 1. The maximum absolute atomic E-state index is 13.3. The molecule has 0 amide bonds. The molecule has 1 aliphatic rings. The first-order valence-electron chi connectivity index (χ1n) is 6.61. The van der Waals surface area contributed by atoms with Crippen molar-refractivity contribution in [3.63, 3.8) is 0 Å². The van der Waals surface area contributed by atoms with Gasteiger partial charge in [0.25, 0.3) is 0 Å². The molecule has 22 heavy (non-hydrogen) atoms. The quantitative estimate of drug-likeness (QED) is 0.782. The lowest BCUT2D eigenvalue weighted by molar-refractivity contribution is 0.0600. The van der Waals surface area contributed by atoms with Gasteiger partial charge >= 0.3 is 5.97 Å². The molecule has 0 radical (unpaired) electrons. The zero-order chi connectivity index (χ0) is 15.7. The van der Waals surface area contributed by atoms with Crippen LogP contribution in [0, 0.1) is 5.82 Å². The number of rotatable bonds is 2. The molecule has 5 heteroatoms. The van der Waals surface area contributed by atoms with E-state index in [1.54, 1.807) is 30.3 Å². The van der Waals surface area contributed by atoms with Crippen LogP contribution in [-0.2, 0) is 4.74 Å². The minimum Gasteiger partial charge on any atom is -0.489 e. The van der Waals surface area contributed by atoms with E-state index in [0.717, 1.165) is 16.7 Å². The second-order valence-corrected chi connectivity index (χ2v) is 5.17. The SMILES string of the molecule is COC(=O)c1ccc2c(c1)C(c1ccc(F)c(Cl)c1)=CCO2. The van der Waals surface area contributed by atoms with Gasteiger partial charge in [-0.2, -0.15) is 0 Å². The standard InChI is InChI=1S/C17H12ClFO3/c1-21-17(20)11-3-5-16-13(8-11)12(6-7-22-16)10-2-4-15(19)14(18)9-10/h2-6,8-9H,7H2,1H3. The van der Waals surface area contributed by atoms with E-state index in [2.05, 4.69) is 0 Å². The van der Waals surface area contributed by atoms with Crippen LogP contribution >= 0.6 is 11.6 Å². The van der Waals surface area contributed by atoms with Gasteiger partial charge in [0.1, 0.15) is 18.2 Å². The van der Waals surface area contributed by atoms with Crippen molar-refractivity contribution in [3.8, 4) is 5.75 Å². The van der Waals surface area contributed by atoms with Gasteiger partial charge in [-0.3, -0.25) is 0 Å². The summed E-state index contributed by atoms with van der Waals surface area (Å²) in [4.78, 5) is 11.7. The molecule has 2 aromatic carbocycles. The highest BCUT2D eigenvalue weighted by Crippen LogP contribution is 2.36. The fourth-order valence-corrected chi connectivity index (χ4v) is 2.55. The summed E-state index contributed by atoms with van der Waals surface area (Å²) in [5.41, 5.74) is 2.77. The van der Waals surface area contributed by atoms with E-state index in [9.17, 15) is 9.18 Å². The summed E-state index contributed by atoms with van der Waals surface area (Å²) in [6, 6.07) is 9.59. The monoisotopic (exact) mass is 318 g/mol. The number of benzene rings is 2. The Morgan fingerprint density at radius 2 is 2.09 bits per heavy atom. The lowest BCUT2D eigenvalue weighted by Crippen LogP contribution is -2.08. The number of esters is 1. The van der Waals surface area contributed by atoms with E-state index in [1.807, 2.05) is 6.08 Å². The molecule has 3 rings (SSSR count). The fraction of sp³-hybridized carbons (Fsp3) is 0.118. The number of hydrogen-bond donors (Lipinski definition) is 0. The summed E-state index contributed by atoms with van der Waals surface area (Å²) in [7, 11) is 1.33. The Bertz CT molecular complexity index is 783. The Morgan fingerprint density at radius 3 is 2.82 bits per heavy atom. The van der Waals surface area contributed by atoms with Crippen LogP contribution in [0.25, 0.3) is 5.57 Å². The largest absolute Gasteiger partial charge is 0.489 e. The molecule has 0 unspecified atom stereocenters. The minimum atomic E-state index is -0.471. The van der Waals surface area contributed by atoms with E-state index >= 15 is 0 Å². The molecule has 3 nitrogen and oxygen atoms in total. The summed E-state index contributed by atoms with van der Waals surface area (Å²) in [5.74, 6) is -0.239. The van der Waals surface area contributed by atoms with Gasteiger partial charge in [-0.05, 0) is 47.5 Å². The zero-order valence-electron chi connectivity index (χ0n) is 11.7. The molecule has 112 valence electrons. The number of fused-ring (bicyclic) bond motifs is 1.